The van der Waals surface area contributed by atoms with Crippen molar-refractivity contribution in [3.63, 3.8) is 0 Å². The molecule has 5 rings (SSSR count). The van der Waals surface area contributed by atoms with Crippen LogP contribution in [-0.2, 0) is 22.6 Å². The van der Waals surface area contributed by atoms with Crippen molar-refractivity contribution < 1.29 is 18.9 Å². The molecule has 1 spiro atoms. The SMILES string of the molecule is COc1ccc2c(CN3CCC4(CC3)OCCO4)cn(CCCOc3ccc(C)cc3)c2c1. The smallest absolute Gasteiger partial charge is 0.170 e. The summed E-state index contributed by atoms with van der Waals surface area (Å²) >= 11 is 0. The molecule has 0 atom stereocenters. The van der Waals surface area contributed by atoms with Crippen LogP contribution in [0.4, 0.5) is 0 Å². The van der Waals surface area contributed by atoms with E-state index in [0.29, 0.717) is 6.61 Å². The van der Waals surface area contributed by atoms with E-state index in [4.69, 9.17) is 18.9 Å². The van der Waals surface area contributed by atoms with Gasteiger partial charge >= 0.3 is 0 Å². The van der Waals surface area contributed by atoms with Gasteiger partial charge in [-0.15, -0.1) is 0 Å². The predicted molar refractivity (Wildman–Crippen MR) is 129 cm³/mol. The van der Waals surface area contributed by atoms with E-state index < -0.39 is 0 Å². The van der Waals surface area contributed by atoms with E-state index in [9.17, 15) is 0 Å². The first-order chi connectivity index (χ1) is 16.1. The third-order valence-corrected chi connectivity index (χ3v) is 6.83. The number of aromatic nitrogens is 1. The molecule has 0 bridgehead atoms. The van der Waals surface area contributed by atoms with Crippen molar-refractivity contribution in [2.75, 3.05) is 40.0 Å². The number of benzene rings is 2. The Morgan fingerprint density at radius 2 is 1.70 bits per heavy atom. The van der Waals surface area contributed by atoms with Gasteiger partial charge in [0.25, 0.3) is 0 Å². The molecule has 0 unspecified atom stereocenters. The van der Waals surface area contributed by atoms with Crippen LogP contribution in [0.15, 0.2) is 48.7 Å². The normalized spacial score (nSPS) is 18.2. The highest BCUT2D eigenvalue weighted by atomic mass is 16.7. The number of rotatable bonds is 8. The Morgan fingerprint density at radius 3 is 2.42 bits per heavy atom. The number of likely N-dealkylation sites (tertiary alicyclic amines) is 1. The highest BCUT2D eigenvalue weighted by Crippen LogP contribution is 2.33. The lowest BCUT2D eigenvalue weighted by Crippen LogP contribution is -2.44. The fraction of sp³-hybridized carbons (Fsp3) is 0.481. The zero-order chi connectivity index (χ0) is 22.7. The highest BCUT2D eigenvalue weighted by Gasteiger charge is 2.39. The molecule has 0 radical (unpaired) electrons. The third-order valence-electron chi connectivity index (χ3n) is 6.83. The average Bonchev–Trinajstić information content (AvgIpc) is 3.44. The molecule has 6 nitrogen and oxygen atoms in total. The number of methoxy groups -OCH3 is 1. The Kier molecular flexibility index (Phi) is 6.58. The van der Waals surface area contributed by atoms with Gasteiger partial charge < -0.3 is 23.5 Å². The van der Waals surface area contributed by atoms with Crippen LogP contribution in [0.25, 0.3) is 10.9 Å². The molecule has 2 aliphatic heterocycles. The van der Waals surface area contributed by atoms with Crippen LogP contribution in [0.1, 0.15) is 30.4 Å². The molecular weight excluding hydrogens is 416 g/mol. The van der Waals surface area contributed by atoms with Gasteiger partial charge in [-0.2, -0.15) is 0 Å². The van der Waals surface area contributed by atoms with Crippen molar-refractivity contribution in [2.45, 2.75) is 45.1 Å². The van der Waals surface area contributed by atoms with Crippen LogP contribution in [0, 0.1) is 6.92 Å². The average molecular weight is 451 g/mol. The third kappa shape index (κ3) is 5.03. The maximum absolute atomic E-state index is 5.94. The Balaban J connectivity index is 1.25. The van der Waals surface area contributed by atoms with E-state index in [0.717, 1.165) is 70.2 Å². The van der Waals surface area contributed by atoms with Gasteiger partial charge in [-0.05, 0) is 43.2 Å². The number of nitrogens with zero attached hydrogens (tertiary/aromatic N) is 2. The summed E-state index contributed by atoms with van der Waals surface area (Å²) < 4.78 is 25.6. The van der Waals surface area contributed by atoms with Gasteiger partial charge in [-0.3, -0.25) is 4.90 Å². The fourth-order valence-electron chi connectivity index (χ4n) is 4.92. The van der Waals surface area contributed by atoms with Gasteiger partial charge in [-0.1, -0.05) is 17.7 Å². The number of fused-ring (bicyclic) bond motifs is 1. The minimum absolute atomic E-state index is 0.324. The summed E-state index contributed by atoms with van der Waals surface area (Å²) in [6.07, 6.45) is 5.13. The van der Waals surface area contributed by atoms with Crippen molar-refractivity contribution >= 4 is 10.9 Å². The summed E-state index contributed by atoms with van der Waals surface area (Å²) in [5, 5.41) is 1.30. The van der Waals surface area contributed by atoms with Crippen LogP contribution in [0.3, 0.4) is 0 Å². The molecule has 2 aliphatic rings. The molecule has 176 valence electrons. The first kappa shape index (κ1) is 22.3. The fourth-order valence-corrected chi connectivity index (χ4v) is 4.92. The van der Waals surface area contributed by atoms with Crippen molar-refractivity contribution in [2.24, 2.45) is 0 Å². The topological polar surface area (TPSA) is 45.1 Å². The zero-order valence-electron chi connectivity index (χ0n) is 19.7. The Labute approximate surface area is 196 Å². The molecule has 33 heavy (non-hydrogen) atoms. The van der Waals surface area contributed by atoms with Gasteiger partial charge in [0.15, 0.2) is 5.79 Å². The maximum atomic E-state index is 5.94. The van der Waals surface area contributed by atoms with Gasteiger partial charge in [0.1, 0.15) is 11.5 Å². The van der Waals surface area contributed by atoms with E-state index in [1.54, 1.807) is 7.11 Å². The van der Waals surface area contributed by atoms with Gasteiger partial charge in [0, 0.05) is 56.7 Å². The highest BCUT2D eigenvalue weighted by molar-refractivity contribution is 5.85. The molecule has 2 saturated heterocycles. The maximum Gasteiger partial charge on any atom is 0.170 e. The minimum atomic E-state index is -0.324. The Hall–Kier alpha value is -2.54. The Bertz CT molecular complexity index is 1060. The monoisotopic (exact) mass is 450 g/mol. The van der Waals surface area contributed by atoms with Crippen LogP contribution in [0.5, 0.6) is 11.5 Å². The summed E-state index contributed by atoms with van der Waals surface area (Å²) in [5.41, 5.74) is 3.82. The van der Waals surface area contributed by atoms with Gasteiger partial charge in [0.2, 0.25) is 0 Å². The van der Waals surface area contributed by atoms with Crippen LogP contribution < -0.4 is 9.47 Å². The molecule has 6 heteroatoms. The molecule has 0 saturated carbocycles. The van der Waals surface area contributed by atoms with E-state index in [1.165, 1.54) is 22.0 Å². The molecule has 0 aliphatic carbocycles. The van der Waals surface area contributed by atoms with Crippen molar-refractivity contribution in [3.8, 4) is 11.5 Å². The molecule has 0 N–H and O–H groups in total. The lowest BCUT2D eigenvalue weighted by Gasteiger charge is -2.37. The van der Waals surface area contributed by atoms with E-state index >= 15 is 0 Å². The number of hydrogen-bond donors (Lipinski definition) is 0. The standard InChI is InChI=1S/C27H34N2O4/c1-21-4-6-23(7-5-21)31-15-3-12-29-20-22(25-9-8-24(30-2)18-26(25)29)19-28-13-10-27(11-14-28)32-16-17-33-27/h4-9,18,20H,3,10-17,19H2,1-2H3. The van der Waals surface area contributed by atoms with Crippen molar-refractivity contribution in [1.29, 1.82) is 0 Å². The largest absolute Gasteiger partial charge is 0.497 e. The van der Waals surface area contributed by atoms with Crippen molar-refractivity contribution in [1.82, 2.24) is 9.47 Å². The first-order valence-electron chi connectivity index (χ1n) is 12.0. The second-order valence-corrected chi connectivity index (χ2v) is 9.13. The molecular formula is C27H34N2O4. The summed E-state index contributed by atoms with van der Waals surface area (Å²) in [7, 11) is 1.72. The molecule has 3 heterocycles. The number of aryl methyl sites for hydroxylation is 2. The Morgan fingerprint density at radius 1 is 0.970 bits per heavy atom. The van der Waals surface area contributed by atoms with Gasteiger partial charge in [-0.25, -0.2) is 0 Å². The van der Waals surface area contributed by atoms with E-state index in [-0.39, 0.29) is 5.79 Å². The lowest BCUT2D eigenvalue weighted by molar-refractivity contribution is -0.185. The van der Waals surface area contributed by atoms with E-state index in [2.05, 4.69) is 52.9 Å². The second kappa shape index (κ2) is 9.75. The number of ether oxygens (including phenoxy) is 4. The molecule has 2 fully saturated rings. The number of hydrogen-bond acceptors (Lipinski definition) is 5. The van der Waals surface area contributed by atoms with E-state index in [1.807, 2.05) is 12.1 Å². The summed E-state index contributed by atoms with van der Waals surface area (Å²) in [6, 6.07) is 14.6. The zero-order valence-corrected chi connectivity index (χ0v) is 19.7. The van der Waals surface area contributed by atoms with Crippen LogP contribution >= 0.6 is 0 Å². The minimum Gasteiger partial charge on any atom is -0.497 e. The van der Waals surface area contributed by atoms with Crippen LogP contribution in [-0.4, -0.2) is 55.3 Å². The summed E-state index contributed by atoms with van der Waals surface area (Å²) in [6.45, 7) is 8.06. The van der Waals surface area contributed by atoms with Gasteiger partial charge in [0.05, 0.1) is 32.4 Å². The molecule has 0 amide bonds. The summed E-state index contributed by atoms with van der Waals surface area (Å²) in [5.74, 6) is 1.49. The quantitative estimate of drug-likeness (QED) is 0.463. The first-order valence-corrected chi connectivity index (χ1v) is 12.0. The molecule has 3 aromatic rings. The number of piperidine rings is 1. The molecule has 2 aromatic carbocycles. The van der Waals surface area contributed by atoms with Crippen molar-refractivity contribution in [3.05, 3.63) is 59.8 Å². The summed E-state index contributed by atoms with van der Waals surface area (Å²) in [4.78, 5) is 2.51. The molecule has 1 aromatic heterocycles. The second-order valence-electron chi connectivity index (χ2n) is 9.13. The van der Waals surface area contributed by atoms with Crippen LogP contribution in [0.2, 0.25) is 0 Å². The lowest BCUT2D eigenvalue weighted by atomic mass is 10.0. The predicted octanol–water partition coefficient (Wildman–Crippen LogP) is 4.77.